The van der Waals surface area contributed by atoms with E-state index in [0.717, 1.165) is 23.4 Å². The molecule has 0 saturated carbocycles. The van der Waals surface area contributed by atoms with E-state index in [1.165, 1.54) is 0 Å². The number of benzene rings is 1. The van der Waals surface area contributed by atoms with Crippen LogP contribution in [0.15, 0.2) is 36.7 Å². The first-order chi connectivity index (χ1) is 9.85. The Bertz CT molecular complexity index is 511. The molecule has 3 N–H and O–H groups in total. The third-order valence-corrected chi connectivity index (χ3v) is 3.14. The number of nitrogens with two attached hydrogens (primary N) is 1. The minimum atomic E-state index is 0.168. The molecule has 5 heteroatoms. The van der Waals surface area contributed by atoms with Crippen LogP contribution in [0.2, 0.25) is 0 Å². The summed E-state index contributed by atoms with van der Waals surface area (Å²) in [6.45, 7) is 1.60. The molecule has 0 aliphatic carbocycles. The summed E-state index contributed by atoms with van der Waals surface area (Å²) < 4.78 is 7.61. The van der Waals surface area contributed by atoms with E-state index >= 15 is 0 Å². The van der Waals surface area contributed by atoms with Crippen LogP contribution in [-0.2, 0) is 31.0 Å². The molecule has 0 saturated heterocycles. The Balaban J connectivity index is 1.90. The van der Waals surface area contributed by atoms with Crippen molar-refractivity contribution >= 4 is 0 Å². The Morgan fingerprint density at radius 3 is 2.75 bits per heavy atom. The zero-order valence-electron chi connectivity index (χ0n) is 11.5. The van der Waals surface area contributed by atoms with Crippen LogP contribution >= 0.6 is 0 Å². The molecule has 20 heavy (non-hydrogen) atoms. The molecule has 0 atom stereocenters. The Labute approximate surface area is 119 Å². The average molecular weight is 275 g/mol. The number of hydrogen-bond acceptors (Lipinski definition) is 4. The van der Waals surface area contributed by atoms with Gasteiger partial charge in [0.05, 0.1) is 24.3 Å². The number of rotatable bonds is 8. The van der Waals surface area contributed by atoms with E-state index in [1.54, 1.807) is 6.33 Å². The monoisotopic (exact) mass is 275 g/mol. The van der Waals surface area contributed by atoms with Gasteiger partial charge in [0.15, 0.2) is 0 Å². The molecule has 0 fully saturated rings. The molecule has 108 valence electrons. The second-order valence-corrected chi connectivity index (χ2v) is 4.60. The largest absolute Gasteiger partial charge is 0.396 e. The number of imidazole rings is 1. The van der Waals surface area contributed by atoms with Crippen LogP contribution in [0.1, 0.15) is 23.4 Å². The predicted molar refractivity (Wildman–Crippen MR) is 76.8 cm³/mol. The van der Waals surface area contributed by atoms with Crippen molar-refractivity contribution in [1.29, 1.82) is 0 Å². The molecule has 0 unspecified atom stereocenters. The van der Waals surface area contributed by atoms with Crippen molar-refractivity contribution in [2.24, 2.45) is 5.73 Å². The molecule has 2 rings (SSSR count). The summed E-state index contributed by atoms with van der Waals surface area (Å²) in [6, 6.07) is 10.0. The van der Waals surface area contributed by atoms with E-state index in [0.29, 0.717) is 26.3 Å². The highest BCUT2D eigenvalue weighted by Gasteiger charge is 2.09. The second-order valence-electron chi connectivity index (χ2n) is 4.60. The number of aliphatic hydroxyl groups is 1. The first-order valence-corrected chi connectivity index (χ1v) is 6.80. The molecule has 2 aromatic rings. The lowest BCUT2D eigenvalue weighted by molar-refractivity contribution is 0.0622. The minimum Gasteiger partial charge on any atom is -0.396 e. The fraction of sp³-hybridized carbons (Fsp3) is 0.400. The molecule has 1 heterocycles. The standard InChI is InChI=1S/C15H21N3O2/c16-9-15-14(7-4-8-19)17-11-18(15)12-20-10-13-5-2-1-3-6-13/h1-3,5-6,11,19H,4,7-10,12,16H2. The van der Waals surface area contributed by atoms with E-state index in [1.807, 2.05) is 34.9 Å². The van der Waals surface area contributed by atoms with E-state index in [9.17, 15) is 0 Å². The molecule has 0 amide bonds. The number of aliphatic hydroxyl groups excluding tert-OH is 1. The van der Waals surface area contributed by atoms with Crippen molar-refractivity contribution in [3.05, 3.63) is 53.6 Å². The van der Waals surface area contributed by atoms with Gasteiger partial charge in [0.1, 0.15) is 6.73 Å². The highest BCUT2D eigenvalue weighted by molar-refractivity contribution is 5.14. The molecule has 1 aromatic carbocycles. The van der Waals surface area contributed by atoms with Crippen LogP contribution in [-0.4, -0.2) is 21.3 Å². The lowest BCUT2D eigenvalue weighted by Gasteiger charge is -2.09. The normalized spacial score (nSPS) is 10.9. The number of aromatic nitrogens is 2. The summed E-state index contributed by atoms with van der Waals surface area (Å²) in [7, 11) is 0. The third kappa shape index (κ3) is 3.90. The number of nitrogens with zero attached hydrogens (tertiary/aromatic N) is 2. The zero-order valence-corrected chi connectivity index (χ0v) is 11.5. The van der Waals surface area contributed by atoms with Crippen LogP contribution in [0.4, 0.5) is 0 Å². The summed E-state index contributed by atoms with van der Waals surface area (Å²) in [5, 5.41) is 8.87. The lowest BCUT2D eigenvalue weighted by Crippen LogP contribution is -2.11. The van der Waals surface area contributed by atoms with Crippen molar-refractivity contribution in [3.63, 3.8) is 0 Å². The first kappa shape index (κ1) is 14.7. The Hall–Kier alpha value is -1.69. The maximum Gasteiger partial charge on any atom is 0.124 e. The van der Waals surface area contributed by atoms with E-state index in [2.05, 4.69) is 4.98 Å². The molecule has 0 spiro atoms. The van der Waals surface area contributed by atoms with Crippen molar-refractivity contribution in [2.75, 3.05) is 6.61 Å². The summed E-state index contributed by atoms with van der Waals surface area (Å²) in [4.78, 5) is 4.34. The van der Waals surface area contributed by atoms with Crippen LogP contribution < -0.4 is 5.73 Å². The quantitative estimate of drug-likeness (QED) is 0.764. The summed E-state index contributed by atoms with van der Waals surface area (Å²) in [6.07, 6.45) is 3.20. The van der Waals surface area contributed by atoms with Gasteiger partial charge < -0.3 is 20.1 Å². The zero-order chi connectivity index (χ0) is 14.2. The summed E-state index contributed by atoms with van der Waals surface area (Å²) in [5.41, 5.74) is 8.84. The maximum atomic E-state index is 8.87. The van der Waals surface area contributed by atoms with Crippen molar-refractivity contribution in [1.82, 2.24) is 9.55 Å². The van der Waals surface area contributed by atoms with Crippen LogP contribution in [0.5, 0.6) is 0 Å². The van der Waals surface area contributed by atoms with Crippen LogP contribution in [0.3, 0.4) is 0 Å². The average Bonchev–Trinajstić information content (AvgIpc) is 2.88. The molecule has 0 aliphatic rings. The number of aryl methyl sites for hydroxylation is 1. The van der Waals surface area contributed by atoms with Gasteiger partial charge in [0.2, 0.25) is 0 Å². The Morgan fingerprint density at radius 1 is 1.25 bits per heavy atom. The summed E-state index contributed by atoms with van der Waals surface area (Å²) >= 11 is 0. The van der Waals surface area contributed by atoms with Gasteiger partial charge >= 0.3 is 0 Å². The molecule has 0 bridgehead atoms. The Kier molecular flexibility index (Phi) is 5.73. The van der Waals surface area contributed by atoms with E-state index in [-0.39, 0.29) is 6.61 Å². The van der Waals surface area contributed by atoms with Gasteiger partial charge in [-0.15, -0.1) is 0 Å². The molecule has 0 aliphatic heterocycles. The van der Waals surface area contributed by atoms with E-state index < -0.39 is 0 Å². The van der Waals surface area contributed by atoms with Gasteiger partial charge in [-0.1, -0.05) is 30.3 Å². The van der Waals surface area contributed by atoms with Gasteiger partial charge in [0.25, 0.3) is 0 Å². The highest BCUT2D eigenvalue weighted by Crippen LogP contribution is 2.10. The highest BCUT2D eigenvalue weighted by atomic mass is 16.5. The Morgan fingerprint density at radius 2 is 2.05 bits per heavy atom. The molecular weight excluding hydrogens is 254 g/mol. The SMILES string of the molecule is NCc1c(CCCO)ncn1COCc1ccccc1. The number of ether oxygens (including phenoxy) is 1. The van der Waals surface area contributed by atoms with Gasteiger partial charge in [-0.05, 0) is 18.4 Å². The molecule has 0 radical (unpaired) electrons. The van der Waals surface area contributed by atoms with Crippen LogP contribution in [0, 0.1) is 0 Å². The minimum absolute atomic E-state index is 0.168. The topological polar surface area (TPSA) is 73.3 Å². The van der Waals surface area contributed by atoms with Gasteiger partial charge in [-0.3, -0.25) is 0 Å². The van der Waals surface area contributed by atoms with Gasteiger partial charge in [0, 0.05) is 13.2 Å². The second kappa shape index (κ2) is 7.79. The molecule has 5 nitrogen and oxygen atoms in total. The van der Waals surface area contributed by atoms with Crippen molar-refractivity contribution in [2.45, 2.75) is 32.7 Å². The van der Waals surface area contributed by atoms with Gasteiger partial charge in [-0.2, -0.15) is 0 Å². The lowest BCUT2D eigenvalue weighted by atomic mass is 10.2. The predicted octanol–water partition coefficient (Wildman–Crippen LogP) is 1.44. The molecule has 1 aromatic heterocycles. The number of hydrogen-bond donors (Lipinski definition) is 2. The van der Waals surface area contributed by atoms with Crippen molar-refractivity contribution in [3.8, 4) is 0 Å². The van der Waals surface area contributed by atoms with Crippen LogP contribution in [0.25, 0.3) is 0 Å². The third-order valence-electron chi connectivity index (χ3n) is 3.14. The smallest absolute Gasteiger partial charge is 0.124 e. The summed E-state index contributed by atoms with van der Waals surface area (Å²) in [5.74, 6) is 0. The first-order valence-electron chi connectivity index (χ1n) is 6.80. The molecular formula is C15H21N3O2. The maximum absolute atomic E-state index is 8.87. The van der Waals surface area contributed by atoms with E-state index in [4.69, 9.17) is 15.6 Å². The van der Waals surface area contributed by atoms with Crippen molar-refractivity contribution < 1.29 is 9.84 Å². The fourth-order valence-electron chi connectivity index (χ4n) is 2.09. The fourth-order valence-corrected chi connectivity index (χ4v) is 2.09. The van der Waals surface area contributed by atoms with Gasteiger partial charge in [-0.25, -0.2) is 4.98 Å².